The molecule has 154 valence electrons. The average molecular weight is 388 g/mol. The van der Waals surface area contributed by atoms with E-state index in [1.807, 2.05) is 54.3 Å². The molecule has 0 aliphatic carbocycles. The van der Waals surface area contributed by atoms with Crippen LogP contribution in [0.2, 0.25) is 0 Å². The standard InChI is InChI=1S/C21H34N6O/c1-5-6-7-8-9-10-13-22-19-12-11-18(24-17(2)28)16-20(19)25-27(4)21-23-14-15-26(21)3/h11-12,14-16,22,25H,5-10,13H2,1-4H3,(H,24,28)/p+1. The Morgan fingerprint density at radius 2 is 1.89 bits per heavy atom. The van der Waals surface area contributed by atoms with E-state index in [1.54, 1.807) is 0 Å². The van der Waals surface area contributed by atoms with Crippen molar-refractivity contribution in [1.29, 1.82) is 0 Å². The lowest BCUT2D eigenvalue weighted by Gasteiger charge is -2.19. The highest BCUT2D eigenvalue weighted by Gasteiger charge is 2.16. The smallest absolute Gasteiger partial charge is 0.378 e. The first-order valence-electron chi connectivity index (χ1n) is 10.2. The molecular weight excluding hydrogens is 352 g/mol. The molecule has 7 heteroatoms. The van der Waals surface area contributed by atoms with Crippen molar-refractivity contribution in [2.45, 2.75) is 52.4 Å². The zero-order valence-corrected chi connectivity index (χ0v) is 17.6. The van der Waals surface area contributed by atoms with Crippen LogP contribution < -0.4 is 25.6 Å². The van der Waals surface area contributed by atoms with Gasteiger partial charge in [-0.3, -0.25) is 4.79 Å². The molecule has 1 aromatic carbocycles. The number of benzene rings is 1. The number of unbranched alkanes of at least 4 members (excludes halogenated alkanes) is 5. The Balaban J connectivity index is 2.02. The molecule has 2 aromatic rings. The number of rotatable bonds is 12. The van der Waals surface area contributed by atoms with Gasteiger partial charge in [-0.15, -0.1) is 0 Å². The van der Waals surface area contributed by atoms with E-state index in [9.17, 15) is 4.79 Å². The van der Waals surface area contributed by atoms with Crippen molar-refractivity contribution in [2.75, 3.05) is 34.7 Å². The number of carbonyl (C=O) groups excluding carboxylic acids is 1. The topological polar surface area (TPSA) is 76.1 Å². The number of hydrogen-bond acceptors (Lipinski definition) is 4. The lowest BCUT2D eigenvalue weighted by atomic mass is 10.1. The first-order valence-corrected chi connectivity index (χ1v) is 10.2. The van der Waals surface area contributed by atoms with Gasteiger partial charge in [-0.1, -0.05) is 39.0 Å². The Morgan fingerprint density at radius 1 is 1.14 bits per heavy atom. The van der Waals surface area contributed by atoms with E-state index < -0.39 is 0 Å². The Morgan fingerprint density at radius 3 is 2.57 bits per heavy atom. The number of imidazole rings is 1. The van der Waals surface area contributed by atoms with Crippen molar-refractivity contribution in [3.8, 4) is 0 Å². The highest BCUT2D eigenvalue weighted by atomic mass is 16.1. The van der Waals surface area contributed by atoms with E-state index >= 15 is 0 Å². The Labute approximate surface area is 168 Å². The van der Waals surface area contributed by atoms with Gasteiger partial charge < -0.3 is 10.6 Å². The van der Waals surface area contributed by atoms with Crippen LogP contribution in [0.4, 0.5) is 23.0 Å². The summed E-state index contributed by atoms with van der Waals surface area (Å²) in [5, 5.41) is 8.30. The number of nitrogens with one attached hydrogen (secondary N) is 4. The number of aryl methyl sites for hydroxylation is 1. The number of anilines is 4. The summed E-state index contributed by atoms with van der Waals surface area (Å²) < 4.78 is 1.99. The Bertz CT molecular complexity index is 742. The third-order valence-corrected chi connectivity index (χ3v) is 4.64. The van der Waals surface area contributed by atoms with Crippen molar-refractivity contribution >= 4 is 28.9 Å². The number of aromatic nitrogens is 2. The molecule has 0 radical (unpaired) electrons. The van der Waals surface area contributed by atoms with Gasteiger partial charge in [-0.25, -0.2) is 15.0 Å². The lowest BCUT2D eigenvalue weighted by molar-refractivity contribution is -0.657. The predicted octanol–water partition coefficient (Wildman–Crippen LogP) is 4.03. The van der Waals surface area contributed by atoms with Crippen LogP contribution in [0.5, 0.6) is 0 Å². The molecule has 0 aliphatic heterocycles. The molecule has 28 heavy (non-hydrogen) atoms. The molecule has 0 unspecified atom stereocenters. The van der Waals surface area contributed by atoms with E-state index in [0.29, 0.717) is 0 Å². The van der Waals surface area contributed by atoms with Gasteiger partial charge in [0, 0.05) is 19.2 Å². The minimum absolute atomic E-state index is 0.0807. The zero-order valence-electron chi connectivity index (χ0n) is 17.6. The summed E-state index contributed by atoms with van der Waals surface area (Å²) in [6, 6.07) is 5.88. The Kier molecular flexibility index (Phi) is 8.65. The fraction of sp³-hybridized carbons (Fsp3) is 0.524. The second-order valence-electron chi connectivity index (χ2n) is 7.20. The molecule has 1 aromatic heterocycles. The lowest BCUT2D eigenvalue weighted by Crippen LogP contribution is -2.38. The molecule has 0 atom stereocenters. The first-order chi connectivity index (χ1) is 13.5. The number of hydrogen-bond donors (Lipinski definition) is 4. The van der Waals surface area contributed by atoms with Crippen LogP contribution in [-0.2, 0) is 11.8 Å². The van der Waals surface area contributed by atoms with Gasteiger partial charge >= 0.3 is 5.95 Å². The molecule has 7 nitrogen and oxygen atoms in total. The maximum atomic E-state index is 11.4. The third kappa shape index (κ3) is 6.79. The highest BCUT2D eigenvalue weighted by Crippen LogP contribution is 2.27. The van der Waals surface area contributed by atoms with Crippen LogP contribution in [0.1, 0.15) is 52.4 Å². The van der Waals surface area contributed by atoms with Crippen molar-refractivity contribution in [1.82, 2.24) is 4.98 Å². The van der Waals surface area contributed by atoms with Gasteiger partial charge in [-0.05, 0) is 24.6 Å². The molecule has 0 bridgehead atoms. The SMILES string of the molecule is CCCCCCCCNc1ccc(NC(C)=O)cc1NN(C)c1[nH]cc[n+]1C. The van der Waals surface area contributed by atoms with Crippen molar-refractivity contribution in [2.24, 2.45) is 7.05 Å². The number of carbonyl (C=O) groups is 1. The van der Waals surface area contributed by atoms with E-state index in [-0.39, 0.29) is 5.91 Å². The van der Waals surface area contributed by atoms with Crippen LogP contribution in [0.25, 0.3) is 0 Å². The van der Waals surface area contributed by atoms with Crippen LogP contribution in [0.3, 0.4) is 0 Å². The summed E-state index contributed by atoms with van der Waals surface area (Å²) in [6.45, 7) is 4.69. The molecular formula is C21H35N6O+. The van der Waals surface area contributed by atoms with Crippen molar-refractivity contribution in [3.05, 3.63) is 30.6 Å². The third-order valence-electron chi connectivity index (χ3n) is 4.64. The van der Waals surface area contributed by atoms with E-state index in [2.05, 4.69) is 28.0 Å². The second-order valence-corrected chi connectivity index (χ2v) is 7.20. The molecule has 0 saturated carbocycles. The van der Waals surface area contributed by atoms with Crippen molar-refractivity contribution < 1.29 is 9.36 Å². The number of hydrazine groups is 1. The maximum absolute atomic E-state index is 11.4. The quantitative estimate of drug-likeness (QED) is 0.252. The summed E-state index contributed by atoms with van der Waals surface area (Å²) in [6.07, 6.45) is 11.5. The second kappa shape index (κ2) is 11.2. The Hall–Kier alpha value is -2.70. The summed E-state index contributed by atoms with van der Waals surface area (Å²) >= 11 is 0. The van der Waals surface area contributed by atoms with Crippen LogP contribution in [-0.4, -0.2) is 24.5 Å². The van der Waals surface area contributed by atoms with E-state index in [1.165, 1.54) is 39.0 Å². The molecule has 0 fully saturated rings. The van der Waals surface area contributed by atoms with E-state index in [0.717, 1.165) is 36.0 Å². The van der Waals surface area contributed by atoms with Crippen LogP contribution in [0.15, 0.2) is 30.6 Å². The number of nitrogens with zero attached hydrogens (tertiary/aromatic N) is 2. The minimum Gasteiger partial charge on any atom is -0.383 e. The molecule has 1 heterocycles. The van der Waals surface area contributed by atoms with Gasteiger partial charge in [-0.2, -0.15) is 5.01 Å². The van der Waals surface area contributed by atoms with Gasteiger partial charge in [0.05, 0.1) is 37.9 Å². The summed E-state index contributed by atoms with van der Waals surface area (Å²) in [5.74, 6) is 0.842. The van der Waals surface area contributed by atoms with Crippen molar-refractivity contribution in [3.63, 3.8) is 0 Å². The zero-order chi connectivity index (χ0) is 20.4. The maximum Gasteiger partial charge on any atom is 0.378 e. The largest absolute Gasteiger partial charge is 0.383 e. The normalized spacial score (nSPS) is 10.6. The summed E-state index contributed by atoms with van der Waals surface area (Å²) in [4.78, 5) is 14.6. The molecule has 2 rings (SSSR count). The summed E-state index contributed by atoms with van der Waals surface area (Å²) in [7, 11) is 3.93. The van der Waals surface area contributed by atoms with E-state index in [4.69, 9.17) is 0 Å². The predicted molar refractivity (Wildman–Crippen MR) is 117 cm³/mol. The molecule has 0 aliphatic rings. The molecule has 1 amide bonds. The average Bonchev–Trinajstić information content (AvgIpc) is 3.08. The van der Waals surface area contributed by atoms with Gasteiger partial charge in [0.1, 0.15) is 0 Å². The first kappa shape index (κ1) is 21.6. The number of aromatic amines is 1. The fourth-order valence-electron chi connectivity index (χ4n) is 3.16. The van der Waals surface area contributed by atoms with Gasteiger partial charge in [0.25, 0.3) is 0 Å². The minimum atomic E-state index is -0.0807. The number of H-pyrrole nitrogens is 1. The molecule has 0 spiro atoms. The van der Waals surface area contributed by atoms with Crippen LogP contribution in [0, 0.1) is 0 Å². The fourth-order valence-corrected chi connectivity index (χ4v) is 3.16. The van der Waals surface area contributed by atoms with Gasteiger partial charge in [0.2, 0.25) is 5.91 Å². The van der Waals surface area contributed by atoms with Crippen LogP contribution >= 0.6 is 0 Å². The molecule has 0 saturated heterocycles. The highest BCUT2D eigenvalue weighted by molar-refractivity contribution is 5.90. The number of amides is 1. The molecule has 4 N–H and O–H groups in total. The monoisotopic (exact) mass is 387 g/mol. The van der Waals surface area contributed by atoms with Gasteiger partial charge in [0.15, 0.2) is 0 Å². The summed E-state index contributed by atoms with van der Waals surface area (Å²) in [5.41, 5.74) is 6.10.